The third-order valence-electron chi connectivity index (χ3n) is 3.94. The normalized spacial score (nSPS) is 14.6. The Morgan fingerprint density at radius 2 is 1.81 bits per heavy atom. The van der Waals surface area contributed by atoms with Gasteiger partial charge in [-0.2, -0.15) is 21.6 Å². The first kappa shape index (κ1) is 18.5. The Kier molecular flexibility index (Phi) is 4.83. The van der Waals surface area contributed by atoms with Crippen LogP contribution in [0.5, 0.6) is 17.4 Å². The van der Waals surface area contributed by atoms with Crippen molar-refractivity contribution in [2.45, 2.75) is 31.9 Å². The van der Waals surface area contributed by atoms with Gasteiger partial charge in [0.15, 0.2) is 0 Å². The molecule has 3 rings (SSSR count). The van der Waals surface area contributed by atoms with Gasteiger partial charge in [-0.15, -0.1) is 0 Å². The number of hydrogen-bond acceptors (Lipinski definition) is 5. The number of ether oxygens (including phenoxy) is 1. The van der Waals surface area contributed by atoms with Crippen LogP contribution in [-0.4, -0.2) is 19.7 Å². The Balaban J connectivity index is 1.97. The lowest BCUT2D eigenvalue weighted by molar-refractivity contribution is -0.137. The summed E-state index contributed by atoms with van der Waals surface area (Å²) in [4.78, 5) is 4.00. The lowest BCUT2D eigenvalue weighted by Gasteiger charge is -2.21. The number of benzene rings is 1. The summed E-state index contributed by atoms with van der Waals surface area (Å²) in [7, 11) is -3.73. The van der Waals surface area contributed by atoms with Crippen LogP contribution in [0.2, 0.25) is 0 Å². The van der Waals surface area contributed by atoms with Crippen LogP contribution in [0.1, 0.15) is 29.5 Å². The van der Waals surface area contributed by atoms with Gasteiger partial charge >= 0.3 is 16.3 Å². The van der Waals surface area contributed by atoms with Crippen molar-refractivity contribution in [2.24, 2.45) is 0 Å². The van der Waals surface area contributed by atoms with Gasteiger partial charge in [0, 0.05) is 11.1 Å². The van der Waals surface area contributed by atoms with Crippen molar-refractivity contribution in [1.29, 1.82) is 0 Å². The number of alkyl halides is 3. The lowest BCUT2D eigenvalue weighted by atomic mass is 9.92. The van der Waals surface area contributed by atoms with Gasteiger partial charge in [-0.3, -0.25) is 0 Å². The quantitative estimate of drug-likeness (QED) is 0.739. The smallest absolute Gasteiger partial charge is 0.416 e. The van der Waals surface area contributed by atoms with Crippen LogP contribution in [0.3, 0.4) is 0 Å². The third-order valence-corrected chi connectivity index (χ3v) is 4.40. The molecule has 0 aliphatic heterocycles. The van der Waals surface area contributed by atoms with E-state index in [1.165, 1.54) is 18.3 Å². The van der Waals surface area contributed by atoms with Crippen LogP contribution in [0.15, 0.2) is 30.5 Å². The summed E-state index contributed by atoms with van der Waals surface area (Å²) >= 11 is 0. The van der Waals surface area contributed by atoms with Crippen LogP contribution in [0.25, 0.3) is 0 Å². The zero-order valence-corrected chi connectivity index (χ0v) is 14.7. The topological polar surface area (TPSA) is 65.5 Å². The molecule has 0 spiro atoms. The maximum absolute atomic E-state index is 12.8. The summed E-state index contributed by atoms with van der Waals surface area (Å²) in [5.41, 5.74) is 0.516. The van der Waals surface area contributed by atoms with Crippen molar-refractivity contribution < 1.29 is 30.5 Å². The predicted molar refractivity (Wildman–Crippen MR) is 87.9 cm³/mol. The number of nitrogens with zero attached hydrogens (tertiary/aromatic N) is 1. The highest BCUT2D eigenvalue weighted by molar-refractivity contribution is 7.86. The Morgan fingerprint density at radius 1 is 1.12 bits per heavy atom. The molecule has 1 heterocycles. The summed E-state index contributed by atoms with van der Waals surface area (Å²) in [5.74, 6) is 0.338. The zero-order chi connectivity index (χ0) is 18.9. The van der Waals surface area contributed by atoms with Gasteiger partial charge in [-0.25, -0.2) is 4.98 Å². The molecule has 26 heavy (non-hydrogen) atoms. The van der Waals surface area contributed by atoms with E-state index >= 15 is 0 Å². The monoisotopic (exact) mass is 387 g/mol. The minimum atomic E-state index is -4.47. The fourth-order valence-electron chi connectivity index (χ4n) is 2.85. The molecule has 9 heteroatoms. The fourth-order valence-corrected chi connectivity index (χ4v) is 3.28. The first-order valence-electron chi connectivity index (χ1n) is 7.89. The molecule has 1 aliphatic rings. The molecule has 1 aromatic heterocycles. The van der Waals surface area contributed by atoms with E-state index in [4.69, 9.17) is 8.92 Å². The molecule has 0 unspecified atom stereocenters. The van der Waals surface area contributed by atoms with Gasteiger partial charge in [0.25, 0.3) is 0 Å². The van der Waals surface area contributed by atoms with Crippen LogP contribution in [-0.2, 0) is 29.1 Å². The highest BCUT2D eigenvalue weighted by atomic mass is 32.2. The van der Waals surface area contributed by atoms with E-state index in [9.17, 15) is 21.6 Å². The van der Waals surface area contributed by atoms with Crippen LogP contribution in [0.4, 0.5) is 13.2 Å². The van der Waals surface area contributed by atoms with Gasteiger partial charge < -0.3 is 8.92 Å². The molecular formula is C17H16F3NO4S. The largest absolute Gasteiger partial charge is 0.455 e. The molecule has 0 fully saturated rings. The van der Waals surface area contributed by atoms with E-state index in [2.05, 4.69) is 4.98 Å². The molecule has 2 aromatic rings. The second kappa shape index (κ2) is 6.79. The van der Waals surface area contributed by atoms with Crippen LogP contribution < -0.4 is 8.92 Å². The Labute approximate surface area is 148 Å². The average Bonchev–Trinajstić information content (AvgIpc) is 2.55. The minimum Gasteiger partial charge on any atom is -0.455 e. The second-order valence-electron chi connectivity index (χ2n) is 6.01. The molecular weight excluding hydrogens is 371 g/mol. The Hall–Kier alpha value is -2.29. The molecule has 0 saturated carbocycles. The van der Waals surface area contributed by atoms with E-state index in [0.717, 1.165) is 31.2 Å². The van der Waals surface area contributed by atoms with Crippen molar-refractivity contribution >= 4 is 10.1 Å². The average molecular weight is 387 g/mol. The van der Waals surface area contributed by atoms with E-state index in [1.54, 1.807) is 0 Å². The standard InChI is InChI=1S/C17H16F3NO4S/c1-26(22,23)25-16-14-8-3-2-7-13(14)15(10-21-16)24-12-6-4-5-11(9-12)17(18,19)20/h4-6,9-10H,2-3,7-8H2,1H3. The zero-order valence-electron chi connectivity index (χ0n) is 13.8. The van der Waals surface area contributed by atoms with Gasteiger partial charge in [0.1, 0.15) is 11.5 Å². The SMILES string of the molecule is CS(=O)(=O)Oc1ncc(Oc2cccc(C(F)(F)F)c2)c2c1CCCC2. The number of fused-ring (bicyclic) bond motifs is 1. The maximum Gasteiger partial charge on any atom is 0.416 e. The molecule has 1 aromatic carbocycles. The van der Waals surface area contributed by atoms with Gasteiger partial charge in [-0.1, -0.05) is 6.07 Å². The first-order chi connectivity index (χ1) is 12.1. The van der Waals surface area contributed by atoms with Crippen molar-refractivity contribution in [3.63, 3.8) is 0 Å². The second-order valence-corrected chi connectivity index (χ2v) is 7.58. The summed E-state index contributed by atoms with van der Waals surface area (Å²) in [6, 6.07) is 4.56. The Bertz CT molecular complexity index is 926. The third kappa shape index (κ3) is 4.27. The number of rotatable bonds is 4. The molecule has 0 amide bonds. The van der Waals surface area contributed by atoms with Crippen LogP contribution >= 0.6 is 0 Å². The van der Waals surface area contributed by atoms with Crippen molar-refractivity contribution in [2.75, 3.05) is 6.26 Å². The number of aromatic nitrogens is 1. The Morgan fingerprint density at radius 3 is 2.46 bits per heavy atom. The van der Waals surface area contributed by atoms with E-state index in [-0.39, 0.29) is 11.6 Å². The van der Waals surface area contributed by atoms with Crippen molar-refractivity contribution in [1.82, 2.24) is 4.98 Å². The predicted octanol–water partition coefficient (Wildman–Crippen LogP) is 4.11. The molecule has 1 aliphatic carbocycles. The van der Waals surface area contributed by atoms with E-state index < -0.39 is 21.9 Å². The molecule has 0 bridgehead atoms. The summed E-state index contributed by atoms with van der Waals surface area (Å²) in [6.07, 6.45) is 0.599. The maximum atomic E-state index is 12.8. The molecule has 0 N–H and O–H groups in total. The summed E-state index contributed by atoms with van der Waals surface area (Å²) in [6.45, 7) is 0. The fraction of sp³-hybridized carbons (Fsp3) is 0.353. The molecule has 0 radical (unpaired) electrons. The van der Waals surface area contributed by atoms with Gasteiger partial charge in [-0.05, 0) is 43.9 Å². The van der Waals surface area contributed by atoms with E-state index in [1.807, 2.05) is 0 Å². The minimum absolute atomic E-state index is 0.00130. The molecule has 0 atom stereocenters. The van der Waals surface area contributed by atoms with Crippen molar-refractivity contribution in [3.8, 4) is 17.4 Å². The number of halogens is 3. The first-order valence-corrected chi connectivity index (χ1v) is 9.70. The van der Waals surface area contributed by atoms with Crippen LogP contribution in [0, 0.1) is 0 Å². The van der Waals surface area contributed by atoms with Crippen molar-refractivity contribution in [3.05, 3.63) is 47.2 Å². The van der Waals surface area contributed by atoms with Gasteiger partial charge in [0.05, 0.1) is 18.0 Å². The highest BCUT2D eigenvalue weighted by Gasteiger charge is 2.31. The summed E-state index contributed by atoms with van der Waals surface area (Å²) in [5, 5.41) is 0. The number of hydrogen-bond donors (Lipinski definition) is 0. The number of pyridine rings is 1. The molecule has 0 saturated heterocycles. The van der Waals surface area contributed by atoms with E-state index in [0.29, 0.717) is 29.7 Å². The highest BCUT2D eigenvalue weighted by Crippen LogP contribution is 2.38. The van der Waals surface area contributed by atoms with Gasteiger partial charge in [0.2, 0.25) is 5.88 Å². The summed E-state index contributed by atoms with van der Waals surface area (Å²) < 4.78 is 71.9. The molecule has 5 nitrogen and oxygen atoms in total. The lowest BCUT2D eigenvalue weighted by Crippen LogP contribution is -2.13. The molecule has 140 valence electrons.